The molecule has 0 aliphatic heterocycles. The zero-order valence-corrected chi connectivity index (χ0v) is 12.9. The van der Waals surface area contributed by atoms with Gasteiger partial charge in [-0.25, -0.2) is 9.78 Å². The summed E-state index contributed by atoms with van der Waals surface area (Å²) in [4.78, 5) is 15.7. The number of nitrogens with zero attached hydrogens (tertiary/aromatic N) is 1. The van der Waals surface area contributed by atoms with Crippen LogP contribution in [0.1, 0.15) is 33.6 Å². The van der Waals surface area contributed by atoms with Crippen molar-refractivity contribution < 1.29 is 14.6 Å². The highest BCUT2D eigenvalue weighted by Gasteiger charge is 2.20. The largest absolute Gasteiger partial charge is 0.477 e. The predicted molar refractivity (Wildman–Crippen MR) is 81.7 cm³/mol. The third kappa shape index (κ3) is 3.08. The summed E-state index contributed by atoms with van der Waals surface area (Å²) in [5, 5.41) is 9.30. The maximum Gasteiger partial charge on any atom is 0.341 e. The van der Waals surface area contributed by atoms with Crippen molar-refractivity contribution in [1.82, 2.24) is 4.98 Å². The molecule has 1 aliphatic carbocycles. The first-order valence-corrected chi connectivity index (χ1v) is 7.56. The van der Waals surface area contributed by atoms with Gasteiger partial charge in [0.25, 0.3) is 0 Å². The maximum absolute atomic E-state index is 11.4. The number of hydrogen-bond donors (Lipinski definition) is 1. The van der Waals surface area contributed by atoms with Gasteiger partial charge in [0.2, 0.25) is 5.88 Å². The molecule has 0 bridgehead atoms. The van der Waals surface area contributed by atoms with Crippen molar-refractivity contribution in [2.45, 2.75) is 25.9 Å². The van der Waals surface area contributed by atoms with E-state index in [4.69, 9.17) is 4.74 Å². The quantitative estimate of drug-likeness (QED) is 0.917. The summed E-state index contributed by atoms with van der Waals surface area (Å²) in [6.07, 6.45) is 2.82. The summed E-state index contributed by atoms with van der Waals surface area (Å²) >= 11 is 3.38. The Morgan fingerprint density at radius 2 is 2.05 bits per heavy atom. The highest BCUT2D eigenvalue weighted by atomic mass is 79.9. The van der Waals surface area contributed by atoms with Crippen LogP contribution < -0.4 is 4.74 Å². The monoisotopic (exact) mass is 347 g/mol. The standard InChI is InChI=1S/C16H14BrNO3/c17-12-6-4-10(5-7-12)9-21-15-13(16(19)20)8-11-2-1-3-14(11)18-15/h4-8H,1-3,9H2,(H,19,20). The van der Waals surface area contributed by atoms with Gasteiger partial charge in [0.15, 0.2) is 0 Å². The van der Waals surface area contributed by atoms with E-state index >= 15 is 0 Å². The molecule has 1 aromatic heterocycles. The van der Waals surface area contributed by atoms with Crippen LogP contribution in [0.2, 0.25) is 0 Å². The summed E-state index contributed by atoms with van der Waals surface area (Å²) < 4.78 is 6.64. The molecule has 0 unspecified atom stereocenters. The molecule has 5 heteroatoms. The number of ether oxygens (including phenoxy) is 1. The fourth-order valence-corrected chi connectivity index (χ4v) is 2.71. The molecule has 4 nitrogen and oxygen atoms in total. The number of carbonyl (C=O) groups is 1. The maximum atomic E-state index is 11.4. The first kappa shape index (κ1) is 14.1. The molecule has 108 valence electrons. The number of carboxylic acids is 1. The van der Waals surface area contributed by atoms with Crippen molar-refractivity contribution in [2.24, 2.45) is 0 Å². The van der Waals surface area contributed by atoms with E-state index in [2.05, 4.69) is 20.9 Å². The second-order valence-electron chi connectivity index (χ2n) is 5.02. The minimum Gasteiger partial charge on any atom is -0.477 e. The van der Waals surface area contributed by atoms with Crippen LogP contribution in [-0.4, -0.2) is 16.1 Å². The first-order chi connectivity index (χ1) is 10.1. The number of aromatic carboxylic acids is 1. The summed E-state index contributed by atoms with van der Waals surface area (Å²) in [7, 11) is 0. The van der Waals surface area contributed by atoms with Gasteiger partial charge in [-0.3, -0.25) is 0 Å². The van der Waals surface area contributed by atoms with Crippen LogP contribution in [0.4, 0.5) is 0 Å². The first-order valence-electron chi connectivity index (χ1n) is 6.77. The Balaban J connectivity index is 1.84. The topological polar surface area (TPSA) is 59.4 Å². The van der Waals surface area contributed by atoms with Crippen LogP contribution in [0, 0.1) is 0 Å². The number of halogens is 1. The van der Waals surface area contributed by atoms with Gasteiger partial charge in [-0.2, -0.15) is 0 Å². The number of aryl methyl sites for hydroxylation is 2. The van der Waals surface area contributed by atoms with Crippen LogP contribution in [0.15, 0.2) is 34.8 Å². The predicted octanol–water partition coefficient (Wildman–Crippen LogP) is 3.61. The number of carboxylic acid groups (broad SMARTS) is 1. The molecular formula is C16H14BrNO3. The molecule has 1 aromatic carbocycles. The molecule has 0 saturated heterocycles. The minimum atomic E-state index is -0.997. The molecule has 0 fully saturated rings. The lowest BCUT2D eigenvalue weighted by Crippen LogP contribution is -2.07. The van der Waals surface area contributed by atoms with Crippen molar-refractivity contribution in [3.05, 3.63) is 57.2 Å². The van der Waals surface area contributed by atoms with Crippen molar-refractivity contribution >= 4 is 21.9 Å². The van der Waals surface area contributed by atoms with E-state index in [0.717, 1.165) is 40.6 Å². The number of benzene rings is 1. The smallest absolute Gasteiger partial charge is 0.341 e. The van der Waals surface area contributed by atoms with Gasteiger partial charge in [-0.1, -0.05) is 28.1 Å². The fourth-order valence-electron chi connectivity index (χ4n) is 2.45. The van der Waals surface area contributed by atoms with Crippen LogP contribution in [0.5, 0.6) is 5.88 Å². The molecular weight excluding hydrogens is 334 g/mol. The third-order valence-corrected chi connectivity index (χ3v) is 4.06. The summed E-state index contributed by atoms with van der Waals surface area (Å²) in [5.74, 6) is -0.783. The van der Waals surface area contributed by atoms with Crippen molar-refractivity contribution in [3.63, 3.8) is 0 Å². The number of fused-ring (bicyclic) bond motifs is 1. The van der Waals surface area contributed by atoms with Gasteiger partial charge in [0, 0.05) is 10.2 Å². The lowest BCUT2D eigenvalue weighted by molar-refractivity contribution is 0.0690. The summed E-state index contributed by atoms with van der Waals surface area (Å²) in [5.41, 5.74) is 3.11. The molecule has 0 radical (unpaired) electrons. The van der Waals surface area contributed by atoms with E-state index in [1.54, 1.807) is 6.07 Å². The van der Waals surface area contributed by atoms with Crippen molar-refractivity contribution in [3.8, 4) is 5.88 Å². The minimum absolute atomic E-state index is 0.146. The molecule has 2 aromatic rings. The molecule has 0 saturated carbocycles. The fraction of sp³-hybridized carbons (Fsp3) is 0.250. The Kier molecular flexibility index (Phi) is 3.92. The highest BCUT2D eigenvalue weighted by molar-refractivity contribution is 9.10. The number of pyridine rings is 1. The van der Waals surface area contributed by atoms with Gasteiger partial charge in [-0.15, -0.1) is 0 Å². The van der Waals surface area contributed by atoms with Crippen LogP contribution in [0.25, 0.3) is 0 Å². The average molecular weight is 348 g/mol. The number of hydrogen-bond acceptors (Lipinski definition) is 3. The van der Waals surface area contributed by atoms with Gasteiger partial charge in [0.1, 0.15) is 12.2 Å². The Morgan fingerprint density at radius 1 is 1.29 bits per heavy atom. The molecule has 21 heavy (non-hydrogen) atoms. The van der Waals surface area contributed by atoms with E-state index in [9.17, 15) is 9.90 Å². The molecule has 0 spiro atoms. The molecule has 0 atom stereocenters. The van der Waals surface area contributed by atoms with Gasteiger partial charge in [0.05, 0.1) is 0 Å². The molecule has 1 N–H and O–H groups in total. The normalized spacial score (nSPS) is 13.0. The van der Waals surface area contributed by atoms with Gasteiger partial charge >= 0.3 is 5.97 Å². The van der Waals surface area contributed by atoms with Crippen LogP contribution in [-0.2, 0) is 19.4 Å². The number of rotatable bonds is 4. The van der Waals surface area contributed by atoms with E-state index in [1.807, 2.05) is 24.3 Å². The van der Waals surface area contributed by atoms with Crippen molar-refractivity contribution in [2.75, 3.05) is 0 Å². The van der Waals surface area contributed by atoms with Gasteiger partial charge in [-0.05, 0) is 48.6 Å². The van der Waals surface area contributed by atoms with E-state index in [0.29, 0.717) is 6.61 Å². The van der Waals surface area contributed by atoms with Gasteiger partial charge < -0.3 is 9.84 Å². The summed E-state index contributed by atoms with van der Waals surface area (Å²) in [6.45, 7) is 0.305. The Hall–Kier alpha value is -1.88. The van der Waals surface area contributed by atoms with Crippen molar-refractivity contribution in [1.29, 1.82) is 0 Å². The van der Waals surface area contributed by atoms with E-state index in [-0.39, 0.29) is 11.4 Å². The number of aromatic nitrogens is 1. The zero-order valence-electron chi connectivity index (χ0n) is 11.3. The Bertz CT molecular complexity index is 683. The SMILES string of the molecule is O=C(O)c1cc2c(nc1OCc1ccc(Br)cc1)CCC2. The molecule has 1 aliphatic rings. The molecule has 3 rings (SSSR count). The molecule has 0 amide bonds. The summed E-state index contributed by atoms with van der Waals surface area (Å²) in [6, 6.07) is 9.41. The average Bonchev–Trinajstić information content (AvgIpc) is 2.92. The van der Waals surface area contributed by atoms with Crippen LogP contribution in [0.3, 0.4) is 0 Å². The van der Waals surface area contributed by atoms with E-state index < -0.39 is 5.97 Å². The van der Waals surface area contributed by atoms with Crippen LogP contribution >= 0.6 is 15.9 Å². The second-order valence-corrected chi connectivity index (χ2v) is 5.94. The molecule has 1 heterocycles. The highest BCUT2D eigenvalue weighted by Crippen LogP contribution is 2.27. The zero-order chi connectivity index (χ0) is 14.8. The second kappa shape index (κ2) is 5.85. The third-order valence-electron chi connectivity index (χ3n) is 3.54. The Morgan fingerprint density at radius 3 is 2.76 bits per heavy atom. The Labute approximate surface area is 130 Å². The lowest BCUT2D eigenvalue weighted by Gasteiger charge is -2.10. The lowest BCUT2D eigenvalue weighted by atomic mass is 10.1. The van der Waals surface area contributed by atoms with E-state index in [1.165, 1.54) is 0 Å².